The van der Waals surface area contributed by atoms with Gasteiger partial charge in [0.15, 0.2) is 0 Å². The van der Waals surface area contributed by atoms with Crippen LogP contribution in [0.1, 0.15) is 21.5 Å². The smallest absolute Gasteiger partial charge is 0.272 e. The molecule has 0 unspecified atom stereocenters. The zero-order valence-corrected chi connectivity index (χ0v) is 18.2. The van der Waals surface area contributed by atoms with Gasteiger partial charge in [-0.2, -0.15) is 4.31 Å². The lowest BCUT2D eigenvalue weighted by Crippen LogP contribution is -2.37. The van der Waals surface area contributed by atoms with Crippen LogP contribution in [0, 0.1) is 13.8 Å². The lowest BCUT2D eigenvalue weighted by Gasteiger charge is -2.25. The predicted molar refractivity (Wildman–Crippen MR) is 116 cm³/mol. The van der Waals surface area contributed by atoms with Crippen LogP contribution < -0.4 is 9.04 Å². The number of halogens is 1. The molecule has 0 aliphatic rings. The molecule has 0 bridgehead atoms. The number of phenols is 1. The van der Waals surface area contributed by atoms with Crippen molar-refractivity contribution in [2.24, 2.45) is 0 Å². The van der Waals surface area contributed by atoms with Gasteiger partial charge in [-0.25, -0.2) is 8.42 Å². The van der Waals surface area contributed by atoms with Crippen LogP contribution in [-0.4, -0.2) is 26.5 Å². The minimum absolute atomic E-state index is 0.0111. The highest BCUT2D eigenvalue weighted by Gasteiger charge is 2.33. The number of anilines is 1. The molecule has 0 radical (unpaired) electrons. The van der Waals surface area contributed by atoms with Crippen molar-refractivity contribution >= 4 is 33.2 Å². The fraction of sp³-hybridized carbons (Fsp3) is 0.136. The quantitative estimate of drug-likeness (QED) is 0.615. The van der Waals surface area contributed by atoms with Crippen molar-refractivity contribution in [1.29, 1.82) is 0 Å². The number of hydrogen-bond acceptors (Lipinski definition) is 5. The van der Waals surface area contributed by atoms with Gasteiger partial charge in [0, 0.05) is 10.6 Å². The summed E-state index contributed by atoms with van der Waals surface area (Å²) in [6, 6.07) is 14.5. The van der Waals surface area contributed by atoms with E-state index >= 15 is 0 Å². The molecule has 0 aliphatic carbocycles. The summed E-state index contributed by atoms with van der Waals surface area (Å²) in [5.74, 6) is -0.242. The van der Waals surface area contributed by atoms with Crippen molar-refractivity contribution in [3.8, 4) is 11.5 Å². The van der Waals surface area contributed by atoms with E-state index in [0.717, 1.165) is 4.31 Å². The first kappa shape index (κ1) is 21.7. The van der Waals surface area contributed by atoms with Gasteiger partial charge in [0.25, 0.3) is 15.9 Å². The van der Waals surface area contributed by atoms with Crippen molar-refractivity contribution in [1.82, 2.24) is 0 Å². The number of carbonyl (C=O) groups is 1. The molecule has 8 heteroatoms. The summed E-state index contributed by atoms with van der Waals surface area (Å²) in [7, 11) is -2.80. The summed E-state index contributed by atoms with van der Waals surface area (Å²) in [6.07, 6.45) is 0. The topological polar surface area (TPSA) is 83.9 Å². The molecule has 30 heavy (non-hydrogen) atoms. The van der Waals surface area contributed by atoms with E-state index in [2.05, 4.69) is 0 Å². The van der Waals surface area contributed by atoms with Gasteiger partial charge < -0.3 is 9.84 Å². The van der Waals surface area contributed by atoms with Gasteiger partial charge in [0.1, 0.15) is 11.5 Å². The zero-order valence-electron chi connectivity index (χ0n) is 16.6. The Balaban J connectivity index is 2.22. The molecule has 156 valence electrons. The van der Waals surface area contributed by atoms with Gasteiger partial charge in [0.05, 0.1) is 17.7 Å². The molecule has 1 amide bonds. The van der Waals surface area contributed by atoms with Crippen molar-refractivity contribution in [2.45, 2.75) is 18.7 Å². The maximum atomic E-state index is 13.5. The molecule has 1 N–H and O–H groups in total. The van der Waals surface area contributed by atoms with E-state index in [1.54, 1.807) is 13.8 Å². The SMILES string of the molecule is COc1ccc(S(=O)(=O)N(C(=O)c2ccc(Cl)cc2)c2ccc(O)c(C)c2C)cc1. The van der Waals surface area contributed by atoms with E-state index in [1.165, 1.54) is 67.8 Å². The number of nitrogens with zero attached hydrogens (tertiary/aromatic N) is 1. The van der Waals surface area contributed by atoms with E-state index in [0.29, 0.717) is 21.9 Å². The Hall–Kier alpha value is -3.03. The molecule has 3 rings (SSSR count). The number of aromatic hydroxyl groups is 1. The molecule has 0 saturated heterocycles. The Kier molecular flexibility index (Phi) is 6.05. The van der Waals surface area contributed by atoms with Crippen LogP contribution in [-0.2, 0) is 10.0 Å². The number of methoxy groups -OCH3 is 1. The molecule has 6 nitrogen and oxygen atoms in total. The fourth-order valence-electron chi connectivity index (χ4n) is 2.92. The highest BCUT2D eigenvalue weighted by Crippen LogP contribution is 2.34. The normalized spacial score (nSPS) is 11.2. The molecule has 3 aromatic carbocycles. The van der Waals surface area contributed by atoms with Gasteiger partial charge in [-0.1, -0.05) is 11.6 Å². The Morgan fingerprint density at radius 1 is 0.933 bits per heavy atom. The summed E-state index contributed by atoms with van der Waals surface area (Å²) in [4.78, 5) is 13.3. The molecular weight excluding hydrogens is 426 g/mol. The first-order valence-corrected chi connectivity index (χ1v) is 10.8. The summed E-state index contributed by atoms with van der Waals surface area (Å²) in [5.41, 5.74) is 1.25. The second kappa shape index (κ2) is 8.38. The highest BCUT2D eigenvalue weighted by molar-refractivity contribution is 7.93. The van der Waals surface area contributed by atoms with Crippen LogP contribution in [0.3, 0.4) is 0 Å². The van der Waals surface area contributed by atoms with Crippen LogP contribution in [0.5, 0.6) is 11.5 Å². The van der Waals surface area contributed by atoms with E-state index in [4.69, 9.17) is 16.3 Å². The number of phenolic OH excluding ortho intramolecular Hbond substituents is 1. The molecule has 0 saturated carbocycles. The maximum Gasteiger partial charge on any atom is 0.272 e. The first-order valence-electron chi connectivity index (χ1n) is 8.95. The molecule has 0 atom stereocenters. The van der Waals surface area contributed by atoms with Crippen LogP contribution in [0.4, 0.5) is 5.69 Å². The Bertz CT molecular complexity index is 1190. The summed E-state index contributed by atoms with van der Waals surface area (Å²) < 4.78 is 32.9. The van der Waals surface area contributed by atoms with E-state index in [-0.39, 0.29) is 21.9 Å². The molecule has 0 fully saturated rings. The standard InChI is InChI=1S/C22H20ClNO5S/c1-14-15(2)21(25)13-12-20(14)24(22(26)16-4-6-17(23)7-5-16)30(27,28)19-10-8-18(29-3)9-11-19/h4-13,25H,1-3H3. The van der Waals surface area contributed by atoms with Crippen molar-refractivity contribution in [3.63, 3.8) is 0 Å². The average Bonchev–Trinajstić information content (AvgIpc) is 2.74. The number of rotatable bonds is 5. The van der Waals surface area contributed by atoms with Crippen molar-refractivity contribution in [3.05, 3.63) is 82.4 Å². The molecule has 0 aromatic heterocycles. The van der Waals surface area contributed by atoms with Crippen molar-refractivity contribution in [2.75, 3.05) is 11.4 Å². The molecule has 0 spiro atoms. The number of hydrogen-bond donors (Lipinski definition) is 1. The highest BCUT2D eigenvalue weighted by atomic mass is 35.5. The minimum atomic E-state index is -4.28. The maximum absolute atomic E-state index is 13.5. The Morgan fingerprint density at radius 3 is 2.10 bits per heavy atom. The van der Waals surface area contributed by atoms with Gasteiger partial charge in [-0.15, -0.1) is 0 Å². The average molecular weight is 446 g/mol. The van der Waals surface area contributed by atoms with Crippen LogP contribution >= 0.6 is 11.6 Å². The largest absolute Gasteiger partial charge is 0.508 e. The fourth-order valence-corrected chi connectivity index (χ4v) is 4.52. The number of carbonyl (C=O) groups excluding carboxylic acids is 1. The van der Waals surface area contributed by atoms with Crippen LogP contribution in [0.25, 0.3) is 0 Å². The first-order chi connectivity index (χ1) is 14.2. The number of amides is 1. The summed E-state index contributed by atoms with van der Waals surface area (Å²) in [6.45, 7) is 3.30. The third kappa shape index (κ3) is 3.99. The van der Waals surface area contributed by atoms with E-state index < -0.39 is 15.9 Å². The van der Waals surface area contributed by atoms with Gasteiger partial charge in [-0.3, -0.25) is 4.79 Å². The van der Waals surface area contributed by atoms with E-state index in [1.807, 2.05) is 0 Å². The third-order valence-electron chi connectivity index (χ3n) is 4.82. The van der Waals surface area contributed by atoms with Crippen LogP contribution in [0.2, 0.25) is 5.02 Å². The Labute approximate surface area is 180 Å². The van der Waals surface area contributed by atoms with Gasteiger partial charge >= 0.3 is 0 Å². The summed E-state index contributed by atoms with van der Waals surface area (Å²) in [5, 5.41) is 10.4. The number of ether oxygens (including phenoxy) is 1. The number of sulfonamides is 1. The van der Waals surface area contributed by atoms with Gasteiger partial charge in [-0.05, 0) is 85.6 Å². The van der Waals surface area contributed by atoms with E-state index in [9.17, 15) is 18.3 Å². The predicted octanol–water partition coefficient (Wildman–Crippen LogP) is 4.71. The molecule has 0 heterocycles. The summed E-state index contributed by atoms with van der Waals surface area (Å²) >= 11 is 5.91. The lowest BCUT2D eigenvalue weighted by atomic mass is 10.1. The third-order valence-corrected chi connectivity index (χ3v) is 6.79. The second-order valence-electron chi connectivity index (χ2n) is 6.61. The lowest BCUT2D eigenvalue weighted by molar-refractivity contribution is 0.100. The minimum Gasteiger partial charge on any atom is -0.508 e. The molecule has 3 aromatic rings. The zero-order chi connectivity index (χ0) is 22.1. The van der Waals surface area contributed by atoms with Gasteiger partial charge in [0.2, 0.25) is 0 Å². The second-order valence-corrected chi connectivity index (χ2v) is 8.83. The number of benzene rings is 3. The van der Waals surface area contributed by atoms with Crippen molar-refractivity contribution < 1.29 is 23.1 Å². The monoisotopic (exact) mass is 445 g/mol. The molecular formula is C22H20ClNO5S. The Morgan fingerprint density at radius 2 is 1.53 bits per heavy atom. The van der Waals surface area contributed by atoms with Crippen LogP contribution in [0.15, 0.2) is 65.6 Å². The molecule has 0 aliphatic heterocycles.